The largest absolute Gasteiger partial charge is 0.366 e. The number of nitrogens with zero attached hydrogens (tertiary/aromatic N) is 4. The fraction of sp³-hybridized carbons (Fsp3) is 0. The summed E-state index contributed by atoms with van der Waals surface area (Å²) in [5.41, 5.74) is 6.14. The highest BCUT2D eigenvalue weighted by Crippen LogP contribution is 2.05. The first-order chi connectivity index (χ1) is 5.27. The van der Waals surface area contributed by atoms with Gasteiger partial charge in [-0.05, 0) is 34.7 Å². The maximum atomic E-state index is 5.47. The number of nitrogen functional groups attached to an aromatic ring is 1. The van der Waals surface area contributed by atoms with Crippen molar-refractivity contribution in [2.45, 2.75) is 0 Å². The number of anilines is 1. The normalized spacial score (nSPS) is 10.6. The molecule has 0 aliphatic carbocycles. The van der Waals surface area contributed by atoms with Crippen molar-refractivity contribution < 1.29 is 0 Å². The summed E-state index contributed by atoms with van der Waals surface area (Å²) < 4.78 is 2.36. The number of rotatable bonds is 0. The van der Waals surface area contributed by atoms with Gasteiger partial charge in [0.25, 0.3) is 0 Å². The van der Waals surface area contributed by atoms with E-state index in [2.05, 4.69) is 37.9 Å². The van der Waals surface area contributed by atoms with Gasteiger partial charge in [-0.25, -0.2) is 0 Å². The monoisotopic (exact) mass is 261 g/mol. The Morgan fingerprint density at radius 3 is 3.00 bits per heavy atom. The third kappa shape index (κ3) is 1.02. The van der Waals surface area contributed by atoms with Gasteiger partial charge in [-0.15, -0.1) is 10.2 Å². The average Bonchev–Trinajstić information content (AvgIpc) is 2.33. The topological polar surface area (TPSA) is 69.1 Å². The Hall–Kier alpha value is -0.920. The molecule has 5 nitrogen and oxygen atoms in total. The molecule has 0 atom stereocenters. The summed E-state index contributed by atoms with van der Waals surface area (Å²) in [5, 5.41) is 11.5. The molecule has 0 aliphatic heterocycles. The lowest BCUT2D eigenvalue weighted by Crippen LogP contribution is -1.98. The molecular weight excluding hydrogens is 257 g/mol. The minimum absolute atomic E-state index is 0.318. The SMILES string of the molecule is Nc1nnc2ccc(I)nn12. The van der Waals surface area contributed by atoms with E-state index in [0.717, 1.165) is 3.70 Å². The Balaban J connectivity index is 2.87. The van der Waals surface area contributed by atoms with Crippen molar-refractivity contribution >= 4 is 34.2 Å². The highest BCUT2D eigenvalue weighted by molar-refractivity contribution is 14.1. The van der Waals surface area contributed by atoms with Crippen molar-refractivity contribution in [2.24, 2.45) is 0 Å². The number of hydrogen-bond acceptors (Lipinski definition) is 4. The molecule has 0 amide bonds. The Kier molecular flexibility index (Phi) is 1.41. The van der Waals surface area contributed by atoms with Gasteiger partial charge < -0.3 is 5.73 Å². The van der Waals surface area contributed by atoms with Crippen LogP contribution in [0.3, 0.4) is 0 Å². The third-order valence-corrected chi connectivity index (χ3v) is 1.83. The molecule has 0 saturated carbocycles. The molecule has 2 heterocycles. The smallest absolute Gasteiger partial charge is 0.243 e. The van der Waals surface area contributed by atoms with Crippen LogP contribution in [0.15, 0.2) is 12.1 Å². The highest BCUT2D eigenvalue weighted by Gasteiger charge is 2.00. The van der Waals surface area contributed by atoms with Gasteiger partial charge in [0.1, 0.15) is 3.70 Å². The van der Waals surface area contributed by atoms with Gasteiger partial charge in [-0.1, -0.05) is 0 Å². The lowest BCUT2D eigenvalue weighted by Gasteiger charge is -1.91. The molecule has 0 unspecified atom stereocenters. The van der Waals surface area contributed by atoms with Gasteiger partial charge in [-0.2, -0.15) is 9.61 Å². The maximum Gasteiger partial charge on any atom is 0.243 e. The minimum atomic E-state index is 0.318. The van der Waals surface area contributed by atoms with E-state index in [4.69, 9.17) is 5.73 Å². The van der Waals surface area contributed by atoms with Crippen LogP contribution in [0.1, 0.15) is 0 Å². The standard InChI is InChI=1S/C5H4IN5/c6-3-1-2-4-8-9-5(7)11(4)10-3/h1-2H,(H2,7,9). The summed E-state index contributed by atoms with van der Waals surface area (Å²) in [6.07, 6.45) is 0. The van der Waals surface area contributed by atoms with E-state index >= 15 is 0 Å². The Bertz CT molecular complexity index is 395. The molecule has 0 aliphatic rings. The second kappa shape index (κ2) is 2.29. The molecule has 0 saturated heterocycles. The second-order valence-corrected chi connectivity index (χ2v) is 3.09. The summed E-state index contributed by atoms with van der Waals surface area (Å²) in [6.45, 7) is 0. The van der Waals surface area contributed by atoms with Crippen LogP contribution in [0.5, 0.6) is 0 Å². The molecule has 56 valence electrons. The first-order valence-electron chi connectivity index (χ1n) is 2.91. The van der Waals surface area contributed by atoms with Gasteiger partial charge >= 0.3 is 0 Å². The molecule has 2 N–H and O–H groups in total. The van der Waals surface area contributed by atoms with E-state index in [-0.39, 0.29) is 0 Å². The average molecular weight is 261 g/mol. The molecule has 2 aromatic heterocycles. The van der Waals surface area contributed by atoms with E-state index in [1.54, 1.807) is 0 Å². The van der Waals surface area contributed by atoms with Crippen molar-refractivity contribution in [1.29, 1.82) is 0 Å². The quantitative estimate of drug-likeness (QED) is 0.693. The number of nitrogens with two attached hydrogens (primary N) is 1. The number of fused-ring (bicyclic) bond motifs is 1. The fourth-order valence-electron chi connectivity index (χ4n) is 0.783. The first-order valence-corrected chi connectivity index (χ1v) is 3.99. The van der Waals surface area contributed by atoms with Crippen molar-refractivity contribution in [1.82, 2.24) is 19.8 Å². The van der Waals surface area contributed by atoms with Crippen LogP contribution in [0.25, 0.3) is 5.65 Å². The molecule has 0 radical (unpaired) electrons. The lowest BCUT2D eigenvalue weighted by atomic mass is 10.6. The van der Waals surface area contributed by atoms with Gasteiger partial charge in [0.15, 0.2) is 5.65 Å². The summed E-state index contributed by atoms with van der Waals surface area (Å²) >= 11 is 2.10. The zero-order valence-corrected chi connectivity index (χ0v) is 7.56. The third-order valence-electron chi connectivity index (χ3n) is 1.25. The van der Waals surface area contributed by atoms with Crippen LogP contribution in [-0.4, -0.2) is 19.8 Å². The van der Waals surface area contributed by atoms with Gasteiger partial charge in [-0.3, -0.25) is 0 Å². The molecule has 0 aromatic carbocycles. The highest BCUT2D eigenvalue weighted by atomic mass is 127. The first kappa shape index (κ1) is 6.77. The van der Waals surface area contributed by atoms with Crippen LogP contribution in [-0.2, 0) is 0 Å². The molecule has 0 bridgehead atoms. The lowest BCUT2D eigenvalue weighted by molar-refractivity contribution is 0.919. The maximum absolute atomic E-state index is 5.47. The van der Waals surface area contributed by atoms with Crippen LogP contribution in [0.4, 0.5) is 5.95 Å². The molecule has 0 spiro atoms. The minimum Gasteiger partial charge on any atom is -0.366 e. The fourth-order valence-corrected chi connectivity index (χ4v) is 1.18. The number of halogens is 1. The molecule has 2 rings (SSSR count). The van der Waals surface area contributed by atoms with E-state index in [9.17, 15) is 0 Å². The van der Waals surface area contributed by atoms with Gasteiger partial charge in [0, 0.05) is 0 Å². The molecule has 11 heavy (non-hydrogen) atoms. The van der Waals surface area contributed by atoms with Crippen LogP contribution in [0, 0.1) is 3.70 Å². The summed E-state index contributed by atoms with van der Waals surface area (Å²) in [6, 6.07) is 3.67. The number of hydrogen-bond donors (Lipinski definition) is 1. The van der Waals surface area contributed by atoms with Crippen molar-refractivity contribution in [3.63, 3.8) is 0 Å². The summed E-state index contributed by atoms with van der Waals surface area (Å²) in [5.74, 6) is 0.318. The van der Waals surface area contributed by atoms with Crippen molar-refractivity contribution in [3.8, 4) is 0 Å². The van der Waals surface area contributed by atoms with E-state index in [0.29, 0.717) is 11.6 Å². The van der Waals surface area contributed by atoms with Gasteiger partial charge in [0.05, 0.1) is 0 Å². The second-order valence-electron chi connectivity index (χ2n) is 1.98. The molecule has 2 aromatic rings. The predicted octanol–water partition coefficient (Wildman–Crippen LogP) is 0.311. The van der Waals surface area contributed by atoms with E-state index < -0.39 is 0 Å². The molecule has 0 fully saturated rings. The van der Waals surface area contributed by atoms with E-state index in [1.807, 2.05) is 12.1 Å². The Morgan fingerprint density at radius 2 is 2.18 bits per heavy atom. The predicted molar refractivity (Wildman–Crippen MR) is 47.9 cm³/mol. The van der Waals surface area contributed by atoms with Gasteiger partial charge in [0.2, 0.25) is 5.95 Å². The van der Waals surface area contributed by atoms with Crippen molar-refractivity contribution in [2.75, 3.05) is 5.73 Å². The van der Waals surface area contributed by atoms with Crippen molar-refractivity contribution in [3.05, 3.63) is 15.8 Å². The van der Waals surface area contributed by atoms with Crippen LogP contribution >= 0.6 is 22.6 Å². The zero-order chi connectivity index (χ0) is 7.84. The Morgan fingerprint density at radius 1 is 1.36 bits per heavy atom. The summed E-state index contributed by atoms with van der Waals surface area (Å²) in [7, 11) is 0. The molecular formula is C5H4IN5. The Labute approximate surface area is 75.7 Å². The van der Waals surface area contributed by atoms with E-state index in [1.165, 1.54) is 4.52 Å². The molecule has 6 heteroatoms. The number of aromatic nitrogens is 4. The van der Waals surface area contributed by atoms with Crippen LogP contribution in [0.2, 0.25) is 0 Å². The summed E-state index contributed by atoms with van der Waals surface area (Å²) in [4.78, 5) is 0. The zero-order valence-electron chi connectivity index (χ0n) is 5.40. The van der Waals surface area contributed by atoms with Crippen LogP contribution < -0.4 is 5.73 Å².